The SMILES string of the molecule is COC(=O)C1(C)N=C(c2ccccc2)OC1=O. The van der Waals surface area contributed by atoms with E-state index in [0.29, 0.717) is 5.56 Å². The van der Waals surface area contributed by atoms with Gasteiger partial charge in [0.1, 0.15) is 0 Å². The molecule has 1 heterocycles. The highest BCUT2D eigenvalue weighted by Crippen LogP contribution is 2.24. The number of carbonyl (C=O) groups is 2. The quantitative estimate of drug-likeness (QED) is 0.563. The molecule has 1 aromatic rings. The fourth-order valence-electron chi connectivity index (χ4n) is 1.49. The lowest BCUT2D eigenvalue weighted by atomic mass is 10.1. The molecule has 88 valence electrons. The number of ether oxygens (including phenoxy) is 2. The topological polar surface area (TPSA) is 65.0 Å². The van der Waals surface area contributed by atoms with Gasteiger partial charge in [-0.25, -0.2) is 14.6 Å². The number of hydrogen-bond acceptors (Lipinski definition) is 5. The van der Waals surface area contributed by atoms with Gasteiger partial charge >= 0.3 is 11.9 Å². The molecule has 0 aromatic heterocycles. The maximum atomic E-state index is 11.6. The number of benzene rings is 1. The first kappa shape index (κ1) is 11.3. The second-order valence-electron chi connectivity index (χ2n) is 3.74. The maximum Gasteiger partial charge on any atom is 0.352 e. The van der Waals surface area contributed by atoms with Crippen LogP contribution in [0.3, 0.4) is 0 Å². The molecule has 0 bridgehead atoms. The molecular weight excluding hydrogens is 222 g/mol. The van der Waals surface area contributed by atoms with Gasteiger partial charge in [0.15, 0.2) is 0 Å². The van der Waals surface area contributed by atoms with Gasteiger partial charge in [-0.2, -0.15) is 0 Å². The highest BCUT2D eigenvalue weighted by atomic mass is 16.6. The standard InChI is InChI=1S/C12H11NO4/c1-12(10(14)16-2)11(15)17-9(13-12)8-6-4-3-5-7-8/h3-7H,1-2H3. The van der Waals surface area contributed by atoms with Crippen LogP contribution in [0.15, 0.2) is 35.3 Å². The average molecular weight is 233 g/mol. The number of nitrogens with zero attached hydrogens (tertiary/aromatic N) is 1. The summed E-state index contributed by atoms with van der Waals surface area (Å²) in [6, 6.07) is 8.91. The van der Waals surface area contributed by atoms with Crippen molar-refractivity contribution in [1.29, 1.82) is 0 Å². The Hall–Kier alpha value is -2.17. The van der Waals surface area contributed by atoms with Gasteiger partial charge in [-0.05, 0) is 19.1 Å². The molecule has 1 atom stereocenters. The van der Waals surface area contributed by atoms with Crippen molar-refractivity contribution in [2.45, 2.75) is 12.5 Å². The Morgan fingerprint density at radius 3 is 2.59 bits per heavy atom. The van der Waals surface area contributed by atoms with Crippen molar-refractivity contribution >= 4 is 17.8 Å². The normalized spacial score (nSPS) is 22.9. The van der Waals surface area contributed by atoms with Crippen molar-refractivity contribution in [3.05, 3.63) is 35.9 Å². The van der Waals surface area contributed by atoms with Crippen LogP contribution in [-0.2, 0) is 19.1 Å². The molecule has 5 heteroatoms. The number of cyclic esters (lactones) is 1. The molecular formula is C12H11NO4. The molecule has 1 unspecified atom stereocenters. The fraction of sp³-hybridized carbons (Fsp3) is 0.250. The van der Waals surface area contributed by atoms with E-state index in [4.69, 9.17) is 4.74 Å². The molecule has 2 rings (SSSR count). The zero-order valence-electron chi connectivity index (χ0n) is 9.47. The first-order valence-electron chi connectivity index (χ1n) is 5.04. The summed E-state index contributed by atoms with van der Waals surface area (Å²) in [6.45, 7) is 1.37. The van der Waals surface area contributed by atoms with Gasteiger partial charge < -0.3 is 9.47 Å². The molecule has 1 aliphatic rings. The van der Waals surface area contributed by atoms with Crippen LogP contribution in [0.1, 0.15) is 12.5 Å². The van der Waals surface area contributed by atoms with Crippen LogP contribution in [0, 0.1) is 0 Å². The molecule has 1 aromatic carbocycles. The van der Waals surface area contributed by atoms with Gasteiger partial charge in [-0.3, -0.25) is 0 Å². The Balaban J connectivity index is 2.38. The molecule has 0 aliphatic carbocycles. The van der Waals surface area contributed by atoms with E-state index in [0.717, 1.165) is 0 Å². The Morgan fingerprint density at radius 2 is 2.00 bits per heavy atom. The van der Waals surface area contributed by atoms with Gasteiger partial charge in [0.05, 0.1) is 7.11 Å². The second-order valence-corrected chi connectivity index (χ2v) is 3.74. The van der Waals surface area contributed by atoms with Crippen molar-refractivity contribution in [3.63, 3.8) is 0 Å². The third-order valence-corrected chi connectivity index (χ3v) is 2.52. The summed E-state index contributed by atoms with van der Waals surface area (Å²) >= 11 is 0. The number of aliphatic imine (C=N–C) groups is 1. The van der Waals surface area contributed by atoms with Crippen LogP contribution in [0.5, 0.6) is 0 Å². The summed E-state index contributed by atoms with van der Waals surface area (Å²) in [5, 5.41) is 0. The molecule has 17 heavy (non-hydrogen) atoms. The van der Waals surface area contributed by atoms with E-state index in [9.17, 15) is 9.59 Å². The summed E-state index contributed by atoms with van der Waals surface area (Å²) < 4.78 is 9.54. The van der Waals surface area contributed by atoms with E-state index < -0.39 is 17.5 Å². The van der Waals surface area contributed by atoms with E-state index in [1.807, 2.05) is 6.07 Å². The van der Waals surface area contributed by atoms with E-state index >= 15 is 0 Å². The van der Waals surface area contributed by atoms with Crippen molar-refractivity contribution in [1.82, 2.24) is 0 Å². The van der Waals surface area contributed by atoms with E-state index in [1.165, 1.54) is 14.0 Å². The summed E-state index contributed by atoms with van der Waals surface area (Å²) in [4.78, 5) is 27.1. The molecule has 0 saturated carbocycles. The minimum atomic E-state index is -1.60. The highest BCUT2D eigenvalue weighted by molar-refractivity contribution is 6.16. The van der Waals surface area contributed by atoms with Gasteiger partial charge in [-0.15, -0.1) is 0 Å². The lowest BCUT2D eigenvalue weighted by Crippen LogP contribution is -2.40. The Morgan fingerprint density at radius 1 is 1.35 bits per heavy atom. The third-order valence-electron chi connectivity index (χ3n) is 2.52. The zero-order chi connectivity index (χ0) is 12.5. The molecule has 0 N–H and O–H groups in total. The molecule has 0 saturated heterocycles. The average Bonchev–Trinajstić information content (AvgIpc) is 2.67. The van der Waals surface area contributed by atoms with Crippen LogP contribution in [0.4, 0.5) is 0 Å². The first-order chi connectivity index (χ1) is 8.08. The number of hydrogen-bond donors (Lipinski definition) is 0. The van der Waals surface area contributed by atoms with Gasteiger partial charge in [-0.1, -0.05) is 18.2 Å². The number of carbonyl (C=O) groups excluding carboxylic acids is 2. The van der Waals surface area contributed by atoms with Crippen LogP contribution < -0.4 is 0 Å². The number of rotatable bonds is 2. The van der Waals surface area contributed by atoms with Gasteiger partial charge in [0, 0.05) is 5.56 Å². The number of esters is 2. The fourth-order valence-corrected chi connectivity index (χ4v) is 1.49. The highest BCUT2D eigenvalue weighted by Gasteiger charge is 2.49. The molecule has 0 spiro atoms. The van der Waals surface area contributed by atoms with Crippen molar-refractivity contribution in [3.8, 4) is 0 Å². The predicted octanol–water partition coefficient (Wildman–Crippen LogP) is 0.922. The largest absolute Gasteiger partial charge is 0.467 e. The van der Waals surface area contributed by atoms with Crippen molar-refractivity contribution < 1.29 is 19.1 Å². The minimum absolute atomic E-state index is 0.142. The summed E-state index contributed by atoms with van der Waals surface area (Å²) in [5.41, 5.74) is -0.951. The van der Waals surface area contributed by atoms with E-state index in [1.54, 1.807) is 24.3 Å². The molecule has 0 fully saturated rings. The summed E-state index contributed by atoms with van der Waals surface area (Å²) in [6.07, 6.45) is 0. The molecule has 0 radical (unpaired) electrons. The zero-order valence-corrected chi connectivity index (χ0v) is 9.47. The molecule has 1 aliphatic heterocycles. The van der Waals surface area contributed by atoms with Crippen molar-refractivity contribution in [2.75, 3.05) is 7.11 Å². The van der Waals surface area contributed by atoms with Gasteiger partial charge in [0.25, 0.3) is 5.54 Å². The third kappa shape index (κ3) is 1.80. The minimum Gasteiger partial charge on any atom is -0.467 e. The van der Waals surface area contributed by atoms with E-state index in [2.05, 4.69) is 9.73 Å². The monoisotopic (exact) mass is 233 g/mol. The Bertz CT molecular complexity index is 494. The Kier molecular flexibility index (Phi) is 2.67. The summed E-state index contributed by atoms with van der Waals surface area (Å²) in [5.74, 6) is -1.31. The second kappa shape index (κ2) is 4.01. The summed E-state index contributed by atoms with van der Waals surface area (Å²) in [7, 11) is 1.21. The predicted molar refractivity (Wildman–Crippen MR) is 59.5 cm³/mol. The maximum absolute atomic E-state index is 11.6. The Labute approximate surface area is 98.1 Å². The number of methoxy groups -OCH3 is 1. The van der Waals surface area contributed by atoms with Gasteiger partial charge in [0.2, 0.25) is 5.90 Å². The van der Waals surface area contributed by atoms with Crippen LogP contribution in [-0.4, -0.2) is 30.5 Å². The smallest absolute Gasteiger partial charge is 0.352 e. The molecule has 0 amide bonds. The lowest BCUT2D eigenvalue weighted by molar-refractivity contribution is -0.154. The lowest BCUT2D eigenvalue weighted by Gasteiger charge is -2.11. The van der Waals surface area contributed by atoms with Crippen LogP contribution in [0.25, 0.3) is 0 Å². The first-order valence-corrected chi connectivity index (χ1v) is 5.04. The van der Waals surface area contributed by atoms with Crippen LogP contribution in [0.2, 0.25) is 0 Å². The van der Waals surface area contributed by atoms with Crippen LogP contribution >= 0.6 is 0 Å². The van der Waals surface area contributed by atoms with E-state index in [-0.39, 0.29) is 5.90 Å². The van der Waals surface area contributed by atoms with Crippen molar-refractivity contribution in [2.24, 2.45) is 4.99 Å². The molecule has 5 nitrogen and oxygen atoms in total.